The average Bonchev–Trinajstić information content (AvgIpc) is 2.83. The molecule has 0 saturated carbocycles. The number of nitrogens with two attached hydrogens (primary N) is 1. The molecule has 0 bridgehead atoms. The van der Waals surface area contributed by atoms with Crippen LogP contribution >= 0.6 is 0 Å². The molecule has 1 heterocycles. The molecule has 5 heteroatoms. The first-order valence-corrected chi connectivity index (χ1v) is 7.33. The lowest BCUT2D eigenvalue weighted by Crippen LogP contribution is -2.12. The number of benzene rings is 1. The molecule has 0 fully saturated rings. The van der Waals surface area contributed by atoms with Crippen LogP contribution in [0, 0.1) is 12.8 Å². The highest BCUT2D eigenvalue weighted by Crippen LogP contribution is 2.22. The van der Waals surface area contributed by atoms with Crippen LogP contribution in [0.3, 0.4) is 0 Å². The summed E-state index contributed by atoms with van der Waals surface area (Å²) in [5.74, 6) is 2.23. The minimum atomic E-state index is 0.0342. The molecule has 0 amide bonds. The molecular formula is C16H24N4O. The fourth-order valence-corrected chi connectivity index (χ4v) is 2.16. The van der Waals surface area contributed by atoms with Crippen LogP contribution in [0.5, 0.6) is 5.75 Å². The van der Waals surface area contributed by atoms with Crippen molar-refractivity contribution in [3.63, 3.8) is 0 Å². The van der Waals surface area contributed by atoms with Gasteiger partial charge in [0.15, 0.2) is 5.82 Å². The van der Waals surface area contributed by atoms with Gasteiger partial charge in [-0.3, -0.25) is 0 Å². The van der Waals surface area contributed by atoms with Gasteiger partial charge in [-0.1, -0.05) is 26.0 Å². The van der Waals surface area contributed by atoms with Gasteiger partial charge in [0.05, 0.1) is 0 Å². The zero-order valence-corrected chi connectivity index (χ0v) is 13.2. The van der Waals surface area contributed by atoms with Gasteiger partial charge in [0.1, 0.15) is 18.7 Å². The fourth-order valence-electron chi connectivity index (χ4n) is 2.16. The quantitative estimate of drug-likeness (QED) is 0.887. The van der Waals surface area contributed by atoms with E-state index in [-0.39, 0.29) is 6.04 Å². The molecule has 1 aromatic heterocycles. The first-order valence-electron chi connectivity index (χ1n) is 7.33. The van der Waals surface area contributed by atoms with E-state index in [0.29, 0.717) is 12.5 Å². The lowest BCUT2D eigenvalue weighted by atomic mass is 10.1. The van der Waals surface area contributed by atoms with Gasteiger partial charge < -0.3 is 10.5 Å². The molecule has 2 aromatic rings. The predicted octanol–water partition coefficient (Wildman–Crippen LogP) is 2.84. The van der Waals surface area contributed by atoms with Gasteiger partial charge >= 0.3 is 0 Å². The van der Waals surface area contributed by atoms with E-state index in [4.69, 9.17) is 10.5 Å². The summed E-state index contributed by atoms with van der Waals surface area (Å²) in [5, 5.41) is 4.24. The Kier molecular flexibility index (Phi) is 4.96. The Hall–Kier alpha value is -1.88. The number of ether oxygens (including phenoxy) is 1. The maximum atomic E-state index is 5.89. The van der Waals surface area contributed by atoms with Crippen LogP contribution in [-0.2, 0) is 13.2 Å². The molecular weight excluding hydrogens is 264 g/mol. The molecule has 0 unspecified atom stereocenters. The highest BCUT2D eigenvalue weighted by molar-refractivity contribution is 5.37. The van der Waals surface area contributed by atoms with E-state index in [1.165, 1.54) is 0 Å². The topological polar surface area (TPSA) is 66.0 Å². The standard InChI is InChI=1S/C16H24N4O/c1-11(2)8-20-16(18-10-19-20)9-21-15-6-5-14(13(4)17)7-12(15)3/h5-7,10-11,13H,8-9,17H2,1-4H3/t13-/m0/s1. The van der Waals surface area contributed by atoms with Gasteiger partial charge in [0.2, 0.25) is 0 Å². The van der Waals surface area contributed by atoms with E-state index in [9.17, 15) is 0 Å². The molecule has 1 aromatic carbocycles. The third-order valence-corrected chi connectivity index (χ3v) is 3.32. The van der Waals surface area contributed by atoms with E-state index in [1.54, 1.807) is 6.33 Å². The lowest BCUT2D eigenvalue weighted by Gasteiger charge is -2.13. The first kappa shape index (κ1) is 15.5. The summed E-state index contributed by atoms with van der Waals surface area (Å²) in [4.78, 5) is 4.27. The second-order valence-corrected chi connectivity index (χ2v) is 5.85. The highest BCUT2D eigenvalue weighted by Gasteiger charge is 2.09. The number of hydrogen-bond donors (Lipinski definition) is 1. The summed E-state index contributed by atoms with van der Waals surface area (Å²) >= 11 is 0. The predicted molar refractivity (Wildman–Crippen MR) is 83.0 cm³/mol. The number of hydrogen-bond acceptors (Lipinski definition) is 4. The molecule has 0 aliphatic rings. The molecule has 2 rings (SSSR count). The smallest absolute Gasteiger partial charge is 0.164 e. The second kappa shape index (κ2) is 6.72. The van der Waals surface area contributed by atoms with Crippen LogP contribution < -0.4 is 10.5 Å². The zero-order valence-electron chi connectivity index (χ0n) is 13.2. The molecule has 2 N–H and O–H groups in total. The lowest BCUT2D eigenvalue weighted by molar-refractivity contribution is 0.281. The molecule has 0 radical (unpaired) electrons. The molecule has 21 heavy (non-hydrogen) atoms. The zero-order chi connectivity index (χ0) is 15.4. The molecule has 0 saturated heterocycles. The van der Waals surface area contributed by atoms with Gasteiger partial charge in [-0.05, 0) is 37.0 Å². The van der Waals surface area contributed by atoms with E-state index in [0.717, 1.165) is 29.2 Å². The summed E-state index contributed by atoms with van der Waals surface area (Å²) in [6.45, 7) is 9.59. The largest absolute Gasteiger partial charge is 0.485 e. The Balaban J connectivity index is 2.05. The van der Waals surface area contributed by atoms with Gasteiger partial charge in [-0.25, -0.2) is 9.67 Å². The minimum absolute atomic E-state index is 0.0342. The summed E-state index contributed by atoms with van der Waals surface area (Å²) in [7, 11) is 0. The molecule has 114 valence electrons. The van der Waals surface area contributed by atoms with E-state index in [1.807, 2.05) is 30.7 Å². The van der Waals surface area contributed by atoms with E-state index in [2.05, 4.69) is 30.0 Å². The second-order valence-electron chi connectivity index (χ2n) is 5.85. The number of aromatic nitrogens is 3. The molecule has 5 nitrogen and oxygen atoms in total. The van der Waals surface area contributed by atoms with Crippen molar-refractivity contribution in [2.45, 2.75) is 46.9 Å². The first-order chi connectivity index (χ1) is 9.97. The minimum Gasteiger partial charge on any atom is -0.485 e. The van der Waals surface area contributed by atoms with Gasteiger partial charge in [0, 0.05) is 12.6 Å². The van der Waals surface area contributed by atoms with Crippen LogP contribution in [0.2, 0.25) is 0 Å². The maximum Gasteiger partial charge on any atom is 0.164 e. The molecule has 0 aliphatic carbocycles. The Morgan fingerprint density at radius 2 is 2.05 bits per heavy atom. The van der Waals surface area contributed by atoms with Crippen molar-refractivity contribution in [2.24, 2.45) is 11.7 Å². The maximum absolute atomic E-state index is 5.89. The Bertz CT molecular complexity index is 590. The number of aryl methyl sites for hydroxylation is 1. The number of nitrogens with zero attached hydrogens (tertiary/aromatic N) is 3. The van der Waals surface area contributed by atoms with Crippen molar-refractivity contribution in [3.8, 4) is 5.75 Å². The van der Waals surface area contributed by atoms with Crippen molar-refractivity contribution < 1.29 is 4.74 Å². The van der Waals surface area contributed by atoms with Crippen molar-refractivity contribution in [3.05, 3.63) is 41.5 Å². The average molecular weight is 288 g/mol. The molecule has 0 spiro atoms. The van der Waals surface area contributed by atoms with Crippen LogP contribution in [0.25, 0.3) is 0 Å². The van der Waals surface area contributed by atoms with Gasteiger partial charge in [0.25, 0.3) is 0 Å². The SMILES string of the molecule is Cc1cc([C@H](C)N)ccc1OCc1ncnn1CC(C)C. The van der Waals surface area contributed by atoms with E-state index < -0.39 is 0 Å². The van der Waals surface area contributed by atoms with Crippen LogP contribution in [0.1, 0.15) is 43.8 Å². The van der Waals surface area contributed by atoms with Gasteiger partial charge in [-0.15, -0.1) is 0 Å². The van der Waals surface area contributed by atoms with Crippen LogP contribution in [0.15, 0.2) is 24.5 Å². The Morgan fingerprint density at radius 3 is 2.67 bits per heavy atom. The van der Waals surface area contributed by atoms with E-state index >= 15 is 0 Å². The Labute approximate surface area is 126 Å². The number of rotatable bonds is 6. The van der Waals surface area contributed by atoms with Crippen molar-refractivity contribution in [1.29, 1.82) is 0 Å². The Morgan fingerprint density at radius 1 is 1.29 bits per heavy atom. The van der Waals surface area contributed by atoms with Gasteiger partial charge in [-0.2, -0.15) is 5.10 Å². The third kappa shape index (κ3) is 4.04. The van der Waals surface area contributed by atoms with Crippen molar-refractivity contribution in [2.75, 3.05) is 0 Å². The highest BCUT2D eigenvalue weighted by atomic mass is 16.5. The summed E-state index contributed by atoms with van der Waals surface area (Å²) < 4.78 is 7.77. The molecule has 0 aliphatic heterocycles. The summed E-state index contributed by atoms with van der Waals surface area (Å²) in [6.07, 6.45) is 1.58. The van der Waals surface area contributed by atoms with Crippen molar-refractivity contribution in [1.82, 2.24) is 14.8 Å². The third-order valence-electron chi connectivity index (χ3n) is 3.32. The fraction of sp³-hybridized carbons (Fsp3) is 0.500. The van der Waals surface area contributed by atoms with Crippen molar-refractivity contribution >= 4 is 0 Å². The monoisotopic (exact) mass is 288 g/mol. The van der Waals surface area contributed by atoms with Crippen LogP contribution in [0.4, 0.5) is 0 Å². The summed E-state index contributed by atoms with van der Waals surface area (Å²) in [6, 6.07) is 6.08. The molecule has 1 atom stereocenters. The summed E-state index contributed by atoms with van der Waals surface area (Å²) in [5.41, 5.74) is 8.08. The normalized spacial score (nSPS) is 12.7. The van der Waals surface area contributed by atoms with Crippen LogP contribution in [-0.4, -0.2) is 14.8 Å².